The van der Waals surface area contributed by atoms with Crippen molar-refractivity contribution >= 4 is 21.5 Å². The molecule has 0 nitrogen and oxygen atoms in total. The molecule has 0 saturated heterocycles. The van der Waals surface area contributed by atoms with Gasteiger partial charge in [-0.25, -0.2) is 0 Å². The highest BCUT2D eigenvalue weighted by Crippen LogP contribution is 2.59. The molecule has 0 fully saturated rings. The van der Waals surface area contributed by atoms with Crippen LogP contribution in [0.5, 0.6) is 0 Å². The third-order valence-corrected chi connectivity index (χ3v) is 12.1. The first-order valence-electron chi connectivity index (χ1n) is 19.8. The van der Waals surface area contributed by atoms with Crippen molar-refractivity contribution in [1.82, 2.24) is 0 Å². The van der Waals surface area contributed by atoms with Crippen molar-refractivity contribution in [3.8, 4) is 55.6 Å². The van der Waals surface area contributed by atoms with Gasteiger partial charge in [0.15, 0.2) is 0 Å². The Morgan fingerprint density at radius 1 is 0.246 bits per heavy atom. The number of benzene rings is 10. The lowest BCUT2D eigenvalue weighted by molar-refractivity contribution is 0.769. The van der Waals surface area contributed by atoms with E-state index in [2.05, 4.69) is 231 Å². The van der Waals surface area contributed by atoms with E-state index < -0.39 is 5.41 Å². The first-order chi connectivity index (χ1) is 28.3. The van der Waals surface area contributed by atoms with Crippen LogP contribution < -0.4 is 0 Å². The van der Waals surface area contributed by atoms with E-state index in [1.54, 1.807) is 0 Å². The second-order valence-electron chi connectivity index (χ2n) is 15.2. The SMILES string of the molecule is c1ccc(-c2cc(-c3ccccc3)cc(-c3ccc4c(c3)C(c3ccccc3)(c3ccccc3)c3cc(-c5ccc6ccccc6c5)c5ccccc5c3-4)c2)cc1. The number of fused-ring (bicyclic) bond motifs is 6. The molecular formula is C57H38. The second kappa shape index (κ2) is 13.5. The summed E-state index contributed by atoms with van der Waals surface area (Å²) in [5.74, 6) is 0. The minimum Gasteiger partial charge on any atom is -0.0622 e. The summed E-state index contributed by atoms with van der Waals surface area (Å²) >= 11 is 0. The summed E-state index contributed by atoms with van der Waals surface area (Å²) in [5, 5.41) is 5.04. The standard InChI is InChI=1S/C57H38/c1-5-17-39(18-6-1)45-34-46(40-19-7-2-8-20-40)36-47(35-45)43-31-32-52-54(37-43)57(48-23-9-3-10-24-48,49-25-11-4-12-26-49)55-38-53(50-27-15-16-28-51(50)56(52)55)44-30-29-41-21-13-14-22-42(41)33-44/h1-38H. The molecule has 0 atom stereocenters. The van der Waals surface area contributed by atoms with E-state index in [4.69, 9.17) is 0 Å². The lowest BCUT2D eigenvalue weighted by Crippen LogP contribution is -2.28. The van der Waals surface area contributed by atoms with E-state index in [0.29, 0.717) is 0 Å². The van der Waals surface area contributed by atoms with Gasteiger partial charge in [0, 0.05) is 0 Å². The third-order valence-electron chi connectivity index (χ3n) is 12.1. The monoisotopic (exact) mass is 722 g/mol. The van der Waals surface area contributed by atoms with Gasteiger partial charge in [-0.1, -0.05) is 194 Å². The normalized spacial score (nSPS) is 12.7. The molecule has 0 N–H and O–H groups in total. The highest BCUT2D eigenvalue weighted by Gasteiger charge is 2.47. The highest BCUT2D eigenvalue weighted by atomic mass is 14.5. The summed E-state index contributed by atoms with van der Waals surface area (Å²) in [4.78, 5) is 0. The molecule has 0 aliphatic heterocycles. The van der Waals surface area contributed by atoms with Gasteiger partial charge in [-0.3, -0.25) is 0 Å². The van der Waals surface area contributed by atoms with Gasteiger partial charge in [0.2, 0.25) is 0 Å². The maximum atomic E-state index is 2.52. The van der Waals surface area contributed by atoms with E-state index in [0.717, 1.165) is 0 Å². The molecule has 57 heavy (non-hydrogen) atoms. The zero-order valence-electron chi connectivity index (χ0n) is 31.4. The minimum absolute atomic E-state index is 0.571. The average molecular weight is 723 g/mol. The van der Waals surface area contributed by atoms with Crippen LogP contribution in [0.25, 0.3) is 77.2 Å². The van der Waals surface area contributed by atoms with Crippen LogP contribution in [0.3, 0.4) is 0 Å². The molecule has 10 aromatic rings. The maximum Gasteiger partial charge on any atom is 0.0714 e. The lowest BCUT2D eigenvalue weighted by Gasteiger charge is -2.34. The first kappa shape index (κ1) is 33.1. The van der Waals surface area contributed by atoms with Gasteiger partial charge >= 0.3 is 0 Å². The van der Waals surface area contributed by atoms with E-state index in [1.807, 2.05) is 0 Å². The summed E-state index contributed by atoms with van der Waals surface area (Å²) in [7, 11) is 0. The van der Waals surface area contributed by atoms with Crippen molar-refractivity contribution in [2.24, 2.45) is 0 Å². The summed E-state index contributed by atoms with van der Waals surface area (Å²) in [5.41, 5.74) is 16.9. The predicted molar refractivity (Wildman–Crippen MR) is 241 cm³/mol. The molecule has 0 radical (unpaired) electrons. The molecule has 1 aliphatic carbocycles. The zero-order chi connectivity index (χ0) is 37.8. The van der Waals surface area contributed by atoms with Crippen LogP contribution in [0.4, 0.5) is 0 Å². The van der Waals surface area contributed by atoms with E-state index in [1.165, 1.54) is 99.4 Å². The molecule has 1 aliphatic rings. The molecule has 0 saturated carbocycles. The molecule has 0 spiro atoms. The van der Waals surface area contributed by atoms with Gasteiger partial charge in [0.05, 0.1) is 5.41 Å². The van der Waals surface area contributed by atoms with Gasteiger partial charge in [-0.15, -0.1) is 0 Å². The average Bonchev–Trinajstić information content (AvgIpc) is 3.60. The molecule has 0 heterocycles. The Labute approximate surface area is 334 Å². The Balaban J connectivity index is 1.23. The third kappa shape index (κ3) is 5.37. The summed E-state index contributed by atoms with van der Waals surface area (Å²) in [6.45, 7) is 0. The summed E-state index contributed by atoms with van der Waals surface area (Å²) < 4.78 is 0. The lowest BCUT2D eigenvalue weighted by atomic mass is 9.67. The Morgan fingerprint density at radius 2 is 0.737 bits per heavy atom. The van der Waals surface area contributed by atoms with Crippen molar-refractivity contribution in [1.29, 1.82) is 0 Å². The minimum atomic E-state index is -0.571. The molecule has 11 rings (SSSR count). The Hall–Kier alpha value is -7.28. The van der Waals surface area contributed by atoms with Crippen molar-refractivity contribution in [2.75, 3.05) is 0 Å². The predicted octanol–water partition coefficient (Wildman–Crippen LogP) is 15.0. The van der Waals surface area contributed by atoms with Gasteiger partial charge in [0.1, 0.15) is 0 Å². The second-order valence-corrected chi connectivity index (χ2v) is 15.2. The van der Waals surface area contributed by atoms with Gasteiger partial charge in [-0.2, -0.15) is 0 Å². The molecule has 0 unspecified atom stereocenters. The quantitative estimate of drug-likeness (QED) is 0.160. The van der Waals surface area contributed by atoms with Crippen LogP contribution in [0.1, 0.15) is 22.3 Å². The highest BCUT2D eigenvalue weighted by molar-refractivity contribution is 6.11. The fraction of sp³-hybridized carbons (Fsp3) is 0.0175. The number of rotatable bonds is 6. The van der Waals surface area contributed by atoms with Crippen LogP contribution in [0.15, 0.2) is 231 Å². The van der Waals surface area contributed by atoms with Gasteiger partial charge < -0.3 is 0 Å². The van der Waals surface area contributed by atoms with Crippen molar-refractivity contribution in [2.45, 2.75) is 5.41 Å². The smallest absolute Gasteiger partial charge is 0.0622 e. The fourth-order valence-corrected chi connectivity index (χ4v) is 9.51. The van der Waals surface area contributed by atoms with Crippen molar-refractivity contribution in [3.63, 3.8) is 0 Å². The van der Waals surface area contributed by atoms with Gasteiger partial charge in [0.25, 0.3) is 0 Å². The molecular weight excluding hydrogens is 685 g/mol. The van der Waals surface area contributed by atoms with Crippen LogP contribution in [-0.4, -0.2) is 0 Å². The molecule has 266 valence electrons. The van der Waals surface area contributed by atoms with Crippen LogP contribution in [-0.2, 0) is 5.41 Å². The summed E-state index contributed by atoms with van der Waals surface area (Å²) in [6.07, 6.45) is 0. The topological polar surface area (TPSA) is 0 Å². The number of hydrogen-bond donors (Lipinski definition) is 0. The molecule has 0 bridgehead atoms. The van der Waals surface area contributed by atoms with E-state index >= 15 is 0 Å². The van der Waals surface area contributed by atoms with E-state index in [-0.39, 0.29) is 0 Å². The maximum absolute atomic E-state index is 2.52. The van der Waals surface area contributed by atoms with Crippen LogP contribution in [0.2, 0.25) is 0 Å². The largest absolute Gasteiger partial charge is 0.0714 e. The molecule has 10 aromatic carbocycles. The fourth-order valence-electron chi connectivity index (χ4n) is 9.51. The Kier molecular flexibility index (Phi) is 7.83. The molecule has 0 heteroatoms. The Morgan fingerprint density at radius 3 is 1.35 bits per heavy atom. The summed E-state index contributed by atoms with van der Waals surface area (Å²) in [6, 6.07) is 85.3. The zero-order valence-corrected chi connectivity index (χ0v) is 31.4. The Bertz CT molecular complexity index is 2990. The molecule has 0 aromatic heterocycles. The van der Waals surface area contributed by atoms with Crippen LogP contribution in [0, 0.1) is 0 Å². The van der Waals surface area contributed by atoms with Gasteiger partial charge in [-0.05, 0) is 136 Å². The van der Waals surface area contributed by atoms with Crippen molar-refractivity contribution < 1.29 is 0 Å². The van der Waals surface area contributed by atoms with Crippen LogP contribution >= 0.6 is 0 Å². The molecule has 0 amide bonds. The number of hydrogen-bond acceptors (Lipinski definition) is 0. The first-order valence-corrected chi connectivity index (χ1v) is 19.8. The van der Waals surface area contributed by atoms with E-state index in [9.17, 15) is 0 Å². The van der Waals surface area contributed by atoms with Crippen molar-refractivity contribution in [3.05, 3.63) is 253 Å².